The highest BCUT2D eigenvalue weighted by Crippen LogP contribution is 2.17. The van der Waals surface area contributed by atoms with E-state index in [0.717, 1.165) is 32.7 Å². The summed E-state index contributed by atoms with van der Waals surface area (Å²) in [6.07, 6.45) is 1.89. The summed E-state index contributed by atoms with van der Waals surface area (Å²) in [6, 6.07) is 0. The van der Waals surface area contributed by atoms with Gasteiger partial charge in [0, 0.05) is 26.3 Å². The molecule has 5 heteroatoms. The van der Waals surface area contributed by atoms with Gasteiger partial charge >= 0.3 is 0 Å². The fourth-order valence-electron chi connectivity index (χ4n) is 2.25. The van der Waals surface area contributed by atoms with Gasteiger partial charge in [-0.15, -0.1) is 0 Å². The van der Waals surface area contributed by atoms with Crippen LogP contribution in [0.3, 0.4) is 0 Å². The first-order chi connectivity index (χ1) is 7.75. The van der Waals surface area contributed by atoms with E-state index in [0.29, 0.717) is 19.1 Å². The van der Waals surface area contributed by atoms with Crippen LogP contribution in [0.15, 0.2) is 0 Å². The molecule has 2 fully saturated rings. The number of nitrogens with zero attached hydrogens (tertiary/aromatic N) is 1. The first kappa shape index (κ1) is 11.8. The van der Waals surface area contributed by atoms with Crippen LogP contribution in [0.4, 0.5) is 0 Å². The van der Waals surface area contributed by atoms with Gasteiger partial charge < -0.3 is 15.2 Å². The highest BCUT2D eigenvalue weighted by atomic mass is 16.5. The summed E-state index contributed by atoms with van der Waals surface area (Å²) in [4.78, 5) is 13.3. The number of carbonyl (C=O) groups excluding carboxylic acids is 1. The zero-order chi connectivity index (χ0) is 11.4. The highest BCUT2D eigenvalue weighted by Gasteiger charge is 2.25. The summed E-state index contributed by atoms with van der Waals surface area (Å²) in [5.74, 6) is 0.337. The lowest BCUT2D eigenvalue weighted by atomic mass is 10.0. The van der Waals surface area contributed by atoms with E-state index in [4.69, 9.17) is 15.2 Å². The number of amides is 1. The van der Waals surface area contributed by atoms with E-state index in [1.807, 2.05) is 0 Å². The van der Waals surface area contributed by atoms with Gasteiger partial charge in [0.15, 0.2) is 0 Å². The molecule has 0 aromatic carbocycles. The molecule has 2 N–H and O–H groups in total. The zero-order valence-electron chi connectivity index (χ0n) is 9.56. The van der Waals surface area contributed by atoms with Gasteiger partial charge in [-0.05, 0) is 25.3 Å². The highest BCUT2D eigenvalue weighted by molar-refractivity contribution is 5.79. The van der Waals surface area contributed by atoms with E-state index in [-0.39, 0.29) is 5.91 Å². The molecule has 2 unspecified atom stereocenters. The summed E-state index contributed by atoms with van der Waals surface area (Å²) in [7, 11) is 0. The number of carbonyl (C=O) groups is 1. The normalized spacial score (nSPS) is 31.8. The van der Waals surface area contributed by atoms with Gasteiger partial charge in [-0.1, -0.05) is 0 Å². The van der Waals surface area contributed by atoms with Crippen LogP contribution in [0.5, 0.6) is 0 Å². The van der Waals surface area contributed by atoms with Gasteiger partial charge in [-0.25, -0.2) is 0 Å². The van der Waals surface area contributed by atoms with E-state index < -0.39 is 6.10 Å². The van der Waals surface area contributed by atoms with Crippen LogP contribution in [0.1, 0.15) is 12.8 Å². The molecule has 0 aromatic rings. The van der Waals surface area contributed by atoms with Crippen LogP contribution in [-0.2, 0) is 14.3 Å². The third-order valence-electron chi connectivity index (χ3n) is 3.35. The Hall–Kier alpha value is -0.650. The van der Waals surface area contributed by atoms with Crippen molar-refractivity contribution >= 4 is 5.91 Å². The van der Waals surface area contributed by atoms with Crippen molar-refractivity contribution in [1.29, 1.82) is 0 Å². The van der Waals surface area contributed by atoms with Gasteiger partial charge in [0.05, 0.1) is 6.61 Å². The molecule has 92 valence electrons. The first-order valence-corrected chi connectivity index (χ1v) is 5.96. The van der Waals surface area contributed by atoms with Gasteiger partial charge in [-0.2, -0.15) is 0 Å². The maximum Gasteiger partial charge on any atom is 0.247 e. The Bertz CT molecular complexity index is 241. The van der Waals surface area contributed by atoms with E-state index in [1.54, 1.807) is 0 Å². The van der Waals surface area contributed by atoms with Gasteiger partial charge in [-0.3, -0.25) is 9.69 Å². The summed E-state index contributed by atoms with van der Waals surface area (Å²) >= 11 is 0. The Labute approximate surface area is 95.9 Å². The maximum absolute atomic E-state index is 11.0. The number of morpholine rings is 1. The predicted molar refractivity (Wildman–Crippen MR) is 58.9 cm³/mol. The molecule has 0 saturated carbocycles. The second-order valence-corrected chi connectivity index (χ2v) is 4.58. The molecule has 2 rings (SSSR count). The molecule has 2 heterocycles. The van der Waals surface area contributed by atoms with Crippen LogP contribution in [0.25, 0.3) is 0 Å². The first-order valence-electron chi connectivity index (χ1n) is 5.96. The van der Waals surface area contributed by atoms with Crippen molar-refractivity contribution in [3.8, 4) is 0 Å². The molecule has 2 aliphatic rings. The van der Waals surface area contributed by atoms with Crippen molar-refractivity contribution < 1.29 is 14.3 Å². The largest absolute Gasteiger partial charge is 0.381 e. The molecule has 0 spiro atoms. The minimum Gasteiger partial charge on any atom is -0.381 e. The molecule has 16 heavy (non-hydrogen) atoms. The monoisotopic (exact) mass is 228 g/mol. The molecule has 0 bridgehead atoms. The molecule has 1 amide bonds. The van der Waals surface area contributed by atoms with E-state index in [9.17, 15) is 4.79 Å². The van der Waals surface area contributed by atoms with Crippen molar-refractivity contribution in [3.05, 3.63) is 0 Å². The molecule has 0 aromatic heterocycles. The van der Waals surface area contributed by atoms with E-state index >= 15 is 0 Å². The predicted octanol–water partition coefficient (Wildman–Crippen LogP) is -0.401. The number of hydrogen-bond acceptors (Lipinski definition) is 4. The number of ether oxygens (including phenoxy) is 2. The van der Waals surface area contributed by atoms with Gasteiger partial charge in [0.25, 0.3) is 0 Å². The quantitative estimate of drug-likeness (QED) is 0.711. The Kier molecular flexibility index (Phi) is 4.15. The molecule has 0 aliphatic carbocycles. The molecular formula is C11H20N2O3. The SMILES string of the molecule is NC(=O)C1CN(CCC2CCOC2)CCO1. The fourth-order valence-corrected chi connectivity index (χ4v) is 2.25. The molecule has 2 saturated heterocycles. The smallest absolute Gasteiger partial charge is 0.247 e. The van der Waals surface area contributed by atoms with E-state index in [1.165, 1.54) is 6.42 Å². The van der Waals surface area contributed by atoms with Crippen LogP contribution in [0.2, 0.25) is 0 Å². The summed E-state index contributed by atoms with van der Waals surface area (Å²) in [6.45, 7) is 4.96. The lowest BCUT2D eigenvalue weighted by Crippen LogP contribution is -2.48. The van der Waals surface area contributed by atoms with Crippen LogP contribution in [-0.4, -0.2) is 56.4 Å². The Morgan fingerprint density at radius 1 is 1.44 bits per heavy atom. The fraction of sp³-hybridized carbons (Fsp3) is 0.909. The van der Waals surface area contributed by atoms with Crippen molar-refractivity contribution in [2.45, 2.75) is 18.9 Å². The van der Waals surface area contributed by atoms with Gasteiger partial charge in [0.2, 0.25) is 5.91 Å². The lowest BCUT2D eigenvalue weighted by molar-refractivity contribution is -0.135. The van der Waals surface area contributed by atoms with Crippen LogP contribution in [0, 0.1) is 5.92 Å². The Balaban J connectivity index is 1.70. The average Bonchev–Trinajstić information content (AvgIpc) is 2.79. The van der Waals surface area contributed by atoms with E-state index in [2.05, 4.69) is 4.90 Å². The minimum absolute atomic E-state index is 0.353. The Morgan fingerprint density at radius 3 is 3.00 bits per heavy atom. The molecular weight excluding hydrogens is 208 g/mol. The number of primary amides is 1. The van der Waals surface area contributed by atoms with Crippen LogP contribution < -0.4 is 5.73 Å². The van der Waals surface area contributed by atoms with Crippen molar-refractivity contribution in [2.75, 3.05) is 39.5 Å². The van der Waals surface area contributed by atoms with Crippen molar-refractivity contribution in [2.24, 2.45) is 11.7 Å². The second kappa shape index (κ2) is 5.61. The number of hydrogen-bond donors (Lipinski definition) is 1. The second-order valence-electron chi connectivity index (χ2n) is 4.58. The lowest BCUT2D eigenvalue weighted by Gasteiger charge is -2.31. The number of rotatable bonds is 4. The topological polar surface area (TPSA) is 64.8 Å². The standard InChI is InChI=1S/C11H20N2O3/c12-11(14)10-7-13(4-6-16-10)3-1-9-2-5-15-8-9/h9-10H,1-8H2,(H2,12,14). The molecule has 2 aliphatic heterocycles. The third-order valence-corrected chi connectivity index (χ3v) is 3.35. The summed E-state index contributed by atoms with van der Waals surface area (Å²) in [5.41, 5.74) is 5.24. The summed E-state index contributed by atoms with van der Waals surface area (Å²) in [5, 5.41) is 0. The molecule has 0 radical (unpaired) electrons. The summed E-state index contributed by atoms with van der Waals surface area (Å²) < 4.78 is 10.6. The average molecular weight is 228 g/mol. The molecule has 2 atom stereocenters. The number of nitrogens with two attached hydrogens (primary N) is 1. The maximum atomic E-state index is 11.0. The van der Waals surface area contributed by atoms with Crippen molar-refractivity contribution in [3.63, 3.8) is 0 Å². The Morgan fingerprint density at radius 2 is 2.31 bits per heavy atom. The zero-order valence-corrected chi connectivity index (χ0v) is 9.56. The minimum atomic E-state index is -0.423. The van der Waals surface area contributed by atoms with Gasteiger partial charge in [0.1, 0.15) is 6.10 Å². The van der Waals surface area contributed by atoms with Crippen LogP contribution >= 0.6 is 0 Å². The van der Waals surface area contributed by atoms with Crippen molar-refractivity contribution in [1.82, 2.24) is 4.90 Å². The molecule has 5 nitrogen and oxygen atoms in total. The third kappa shape index (κ3) is 3.17.